The van der Waals surface area contributed by atoms with Crippen LogP contribution in [-0.2, 0) is 21.8 Å². The van der Waals surface area contributed by atoms with Gasteiger partial charge in [-0.05, 0) is 52.7 Å². The molecule has 2 atom stereocenters. The lowest BCUT2D eigenvalue weighted by molar-refractivity contribution is -0.189. The predicted molar refractivity (Wildman–Crippen MR) is 116 cm³/mol. The minimum Gasteiger partial charge on any atom is -0.490 e. The molecule has 0 amide bonds. The number of ether oxygens (including phenoxy) is 3. The second-order valence-corrected chi connectivity index (χ2v) is 8.61. The first-order valence-corrected chi connectivity index (χ1v) is 10.6. The van der Waals surface area contributed by atoms with Gasteiger partial charge in [-0.1, -0.05) is 35.3 Å². The lowest BCUT2D eigenvalue weighted by atomic mass is 10.1. The molecule has 152 valence electrons. The van der Waals surface area contributed by atoms with Crippen molar-refractivity contribution in [3.63, 3.8) is 0 Å². The molecular weight excluding hydrogens is 479 g/mol. The van der Waals surface area contributed by atoms with E-state index in [1.807, 2.05) is 42.0 Å². The first-order valence-electron chi connectivity index (χ1n) is 9.07. The van der Waals surface area contributed by atoms with Crippen LogP contribution in [0.25, 0.3) is 0 Å². The van der Waals surface area contributed by atoms with E-state index in [9.17, 15) is 0 Å². The van der Waals surface area contributed by atoms with Crippen molar-refractivity contribution < 1.29 is 14.2 Å². The highest BCUT2D eigenvalue weighted by molar-refractivity contribution is 9.10. The van der Waals surface area contributed by atoms with E-state index >= 15 is 0 Å². The van der Waals surface area contributed by atoms with E-state index in [0.717, 1.165) is 21.3 Å². The summed E-state index contributed by atoms with van der Waals surface area (Å²) in [7, 11) is 0. The van der Waals surface area contributed by atoms with Crippen LogP contribution < -0.4 is 4.74 Å². The number of imidazole rings is 1. The summed E-state index contributed by atoms with van der Waals surface area (Å²) < 4.78 is 21.3. The Balaban J connectivity index is 1.55. The molecule has 2 heterocycles. The fourth-order valence-corrected chi connectivity index (χ4v) is 4.44. The van der Waals surface area contributed by atoms with Gasteiger partial charge in [0.1, 0.15) is 18.5 Å². The summed E-state index contributed by atoms with van der Waals surface area (Å²) in [5.41, 5.74) is 1.87. The van der Waals surface area contributed by atoms with Crippen molar-refractivity contribution >= 4 is 39.1 Å². The Bertz CT molecular complexity index is 1000. The third kappa shape index (κ3) is 4.62. The average Bonchev–Trinajstić information content (AvgIpc) is 3.32. The molecule has 0 N–H and O–H groups in total. The van der Waals surface area contributed by atoms with Crippen LogP contribution in [0.2, 0.25) is 10.0 Å². The van der Waals surface area contributed by atoms with E-state index < -0.39 is 5.79 Å². The summed E-state index contributed by atoms with van der Waals surface area (Å²) in [4.78, 5) is 4.11. The molecule has 1 aromatic heterocycles. The van der Waals surface area contributed by atoms with Crippen LogP contribution >= 0.6 is 39.1 Å². The number of hydrogen-bond donors (Lipinski definition) is 0. The Labute approximate surface area is 187 Å². The normalized spacial score (nSPS) is 21.4. The fraction of sp³-hybridized carbons (Fsp3) is 0.286. The van der Waals surface area contributed by atoms with Crippen LogP contribution in [0.1, 0.15) is 11.1 Å². The number of aromatic nitrogens is 2. The Hall–Kier alpha value is -1.57. The molecule has 0 bridgehead atoms. The highest BCUT2D eigenvalue weighted by Gasteiger charge is 2.45. The fourth-order valence-electron chi connectivity index (χ4n) is 3.28. The molecule has 2 aromatic carbocycles. The molecule has 4 rings (SSSR count). The van der Waals surface area contributed by atoms with E-state index in [1.54, 1.807) is 24.7 Å². The standard InChI is InChI=1S/C21H19BrCl2N2O3/c1-14-2-5-20(18(22)8-14)27-10-16-11-28-21(29-16,12-26-7-6-25-13-26)17-4-3-15(23)9-19(17)24/h2-9,13,16H,10-12H2,1H3. The van der Waals surface area contributed by atoms with Gasteiger partial charge in [0, 0.05) is 23.0 Å². The van der Waals surface area contributed by atoms with E-state index in [0.29, 0.717) is 29.8 Å². The number of aryl methyl sites for hydroxylation is 1. The van der Waals surface area contributed by atoms with Gasteiger partial charge in [0.05, 0.1) is 29.0 Å². The maximum absolute atomic E-state index is 6.49. The van der Waals surface area contributed by atoms with Crippen LogP contribution in [0.15, 0.2) is 59.6 Å². The first kappa shape index (κ1) is 20.7. The zero-order valence-electron chi connectivity index (χ0n) is 15.6. The zero-order chi connectivity index (χ0) is 20.4. The SMILES string of the molecule is Cc1ccc(OCC2COC(Cn3ccnc3)(c3ccc(Cl)cc3Cl)O2)c(Br)c1. The average molecular weight is 498 g/mol. The minimum atomic E-state index is -1.05. The van der Waals surface area contributed by atoms with Crippen molar-refractivity contribution in [2.24, 2.45) is 0 Å². The molecular formula is C21H19BrCl2N2O3. The summed E-state index contributed by atoms with van der Waals surface area (Å²) in [5.74, 6) is -0.295. The quantitative estimate of drug-likeness (QED) is 0.444. The van der Waals surface area contributed by atoms with Gasteiger partial charge in [-0.25, -0.2) is 4.98 Å². The lowest BCUT2D eigenvalue weighted by Crippen LogP contribution is -2.34. The maximum atomic E-state index is 6.49. The van der Waals surface area contributed by atoms with Gasteiger partial charge in [0.15, 0.2) is 0 Å². The third-order valence-electron chi connectivity index (χ3n) is 4.66. The van der Waals surface area contributed by atoms with Crippen LogP contribution in [-0.4, -0.2) is 28.9 Å². The molecule has 8 heteroatoms. The molecule has 2 unspecified atom stereocenters. The Morgan fingerprint density at radius 3 is 2.86 bits per heavy atom. The summed E-state index contributed by atoms with van der Waals surface area (Å²) in [6.45, 7) is 3.15. The van der Waals surface area contributed by atoms with Crippen LogP contribution in [0.4, 0.5) is 0 Å². The number of rotatable bonds is 6. The van der Waals surface area contributed by atoms with E-state index in [1.165, 1.54) is 0 Å². The van der Waals surface area contributed by atoms with Crippen molar-refractivity contribution in [2.75, 3.05) is 13.2 Å². The largest absolute Gasteiger partial charge is 0.490 e. The highest BCUT2D eigenvalue weighted by Crippen LogP contribution is 2.40. The Morgan fingerprint density at radius 2 is 2.14 bits per heavy atom. The summed E-state index contributed by atoms with van der Waals surface area (Å²) >= 11 is 16.1. The first-order chi connectivity index (χ1) is 13.9. The van der Waals surface area contributed by atoms with Gasteiger partial charge in [-0.15, -0.1) is 0 Å². The van der Waals surface area contributed by atoms with Gasteiger partial charge in [-0.3, -0.25) is 0 Å². The van der Waals surface area contributed by atoms with Crippen LogP contribution in [0.3, 0.4) is 0 Å². The van der Waals surface area contributed by atoms with E-state index in [4.69, 9.17) is 37.4 Å². The van der Waals surface area contributed by atoms with Gasteiger partial charge in [0.2, 0.25) is 5.79 Å². The van der Waals surface area contributed by atoms with Crippen molar-refractivity contribution in [1.29, 1.82) is 0 Å². The zero-order valence-corrected chi connectivity index (χ0v) is 18.7. The van der Waals surface area contributed by atoms with Gasteiger partial charge < -0.3 is 18.8 Å². The third-order valence-corrected chi connectivity index (χ3v) is 5.83. The summed E-state index contributed by atoms with van der Waals surface area (Å²) in [6.07, 6.45) is 5.01. The highest BCUT2D eigenvalue weighted by atomic mass is 79.9. The molecule has 5 nitrogen and oxygen atoms in total. The van der Waals surface area contributed by atoms with Gasteiger partial charge in [0.25, 0.3) is 0 Å². The Kier molecular flexibility index (Phi) is 6.18. The molecule has 29 heavy (non-hydrogen) atoms. The van der Waals surface area contributed by atoms with Crippen LogP contribution in [0, 0.1) is 6.92 Å². The smallest absolute Gasteiger partial charge is 0.215 e. The molecule has 0 aliphatic carbocycles. The summed E-state index contributed by atoms with van der Waals surface area (Å²) in [5, 5.41) is 1.04. The topological polar surface area (TPSA) is 45.5 Å². The van der Waals surface area contributed by atoms with Crippen molar-refractivity contribution in [3.05, 3.63) is 80.8 Å². The number of benzene rings is 2. The maximum Gasteiger partial charge on any atom is 0.215 e. The van der Waals surface area contributed by atoms with E-state index in [2.05, 4.69) is 20.9 Å². The molecule has 1 fully saturated rings. The van der Waals surface area contributed by atoms with Crippen molar-refractivity contribution in [3.8, 4) is 5.75 Å². The molecule has 0 saturated carbocycles. The number of nitrogens with zero attached hydrogens (tertiary/aromatic N) is 2. The second kappa shape index (κ2) is 8.66. The number of hydrogen-bond acceptors (Lipinski definition) is 4. The monoisotopic (exact) mass is 496 g/mol. The summed E-state index contributed by atoms with van der Waals surface area (Å²) in [6, 6.07) is 11.2. The van der Waals surface area contributed by atoms with E-state index in [-0.39, 0.29) is 6.10 Å². The van der Waals surface area contributed by atoms with Crippen molar-refractivity contribution in [1.82, 2.24) is 9.55 Å². The van der Waals surface area contributed by atoms with Gasteiger partial charge >= 0.3 is 0 Å². The minimum absolute atomic E-state index is 0.265. The predicted octanol–water partition coefficient (Wildman–Crippen LogP) is 5.61. The Morgan fingerprint density at radius 1 is 1.28 bits per heavy atom. The molecule has 3 aromatic rings. The number of halogens is 3. The van der Waals surface area contributed by atoms with Gasteiger partial charge in [-0.2, -0.15) is 0 Å². The van der Waals surface area contributed by atoms with Crippen LogP contribution in [0.5, 0.6) is 5.75 Å². The molecule has 1 saturated heterocycles. The molecule has 0 radical (unpaired) electrons. The molecule has 1 aliphatic rings. The molecule has 0 spiro atoms. The molecule has 1 aliphatic heterocycles. The lowest BCUT2D eigenvalue weighted by Gasteiger charge is -2.30. The second-order valence-electron chi connectivity index (χ2n) is 6.91. The van der Waals surface area contributed by atoms with Crippen molar-refractivity contribution in [2.45, 2.75) is 25.4 Å².